The number of anilines is 1. The molecule has 0 atom stereocenters. The average Bonchev–Trinajstić information content (AvgIpc) is 2.78. The van der Waals surface area contributed by atoms with Crippen LogP contribution in [0.25, 0.3) is 0 Å². The van der Waals surface area contributed by atoms with E-state index in [1.54, 1.807) is 12.1 Å². The SMILES string of the molecule is Cc1cc(OCC(=O)Nc2sc3c(c2C(N)=O)CCCCC3)cc(C)c1Cl. The van der Waals surface area contributed by atoms with E-state index >= 15 is 0 Å². The summed E-state index contributed by atoms with van der Waals surface area (Å²) in [6.45, 7) is 3.63. The summed E-state index contributed by atoms with van der Waals surface area (Å²) in [5.41, 5.74) is 8.85. The van der Waals surface area contributed by atoms with Gasteiger partial charge in [0.05, 0.1) is 5.56 Å². The highest BCUT2D eigenvalue weighted by atomic mass is 35.5. The zero-order chi connectivity index (χ0) is 19.6. The van der Waals surface area contributed by atoms with Crippen molar-refractivity contribution in [3.63, 3.8) is 0 Å². The number of amides is 2. The van der Waals surface area contributed by atoms with Crippen LogP contribution in [0.3, 0.4) is 0 Å². The van der Waals surface area contributed by atoms with E-state index in [9.17, 15) is 9.59 Å². The number of benzene rings is 1. The molecule has 144 valence electrons. The van der Waals surface area contributed by atoms with Gasteiger partial charge in [0, 0.05) is 9.90 Å². The summed E-state index contributed by atoms with van der Waals surface area (Å²) >= 11 is 7.61. The van der Waals surface area contributed by atoms with Crippen LogP contribution >= 0.6 is 22.9 Å². The van der Waals surface area contributed by atoms with Gasteiger partial charge in [0.1, 0.15) is 10.8 Å². The highest BCUT2D eigenvalue weighted by molar-refractivity contribution is 7.17. The Bertz CT molecular complexity index is 869. The molecule has 1 aliphatic rings. The van der Waals surface area contributed by atoms with Gasteiger partial charge in [-0.2, -0.15) is 0 Å². The second-order valence-electron chi connectivity index (χ2n) is 6.84. The Morgan fingerprint density at radius 3 is 2.52 bits per heavy atom. The number of rotatable bonds is 5. The fourth-order valence-electron chi connectivity index (χ4n) is 3.39. The van der Waals surface area contributed by atoms with Gasteiger partial charge in [-0.05, 0) is 68.4 Å². The number of hydrogen-bond acceptors (Lipinski definition) is 4. The Labute approximate surface area is 167 Å². The normalized spacial score (nSPS) is 13.6. The van der Waals surface area contributed by atoms with Crippen molar-refractivity contribution < 1.29 is 14.3 Å². The van der Waals surface area contributed by atoms with Gasteiger partial charge in [0.15, 0.2) is 6.61 Å². The number of hydrogen-bond donors (Lipinski definition) is 2. The summed E-state index contributed by atoms with van der Waals surface area (Å²) in [6.07, 6.45) is 5.04. The molecule has 0 radical (unpaired) electrons. The third-order valence-electron chi connectivity index (χ3n) is 4.70. The molecule has 27 heavy (non-hydrogen) atoms. The maximum absolute atomic E-state index is 12.4. The number of nitrogens with one attached hydrogen (secondary N) is 1. The van der Waals surface area contributed by atoms with Crippen LogP contribution in [0.1, 0.15) is 51.2 Å². The molecule has 2 amide bonds. The summed E-state index contributed by atoms with van der Waals surface area (Å²) in [5.74, 6) is -0.227. The van der Waals surface area contributed by atoms with Crippen LogP contribution in [0.4, 0.5) is 5.00 Å². The molecule has 0 spiro atoms. The second kappa shape index (κ2) is 8.31. The topological polar surface area (TPSA) is 81.4 Å². The van der Waals surface area contributed by atoms with Gasteiger partial charge >= 0.3 is 0 Å². The van der Waals surface area contributed by atoms with Gasteiger partial charge < -0.3 is 15.8 Å². The lowest BCUT2D eigenvalue weighted by Gasteiger charge is -2.10. The van der Waals surface area contributed by atoms with Crippen molar-refractivity contribution >= 4 is 39.8 Å². The Morgan fingerprint density at radius 2 is 1.85 bits per heavy atom. The van der Waals surface area contributed by atoms with Crippen molar-refractivity contribution in [1.82, 2.24) is 0 Å². The molecule has 3 N–H and O–H groups in total. The summed E-state index contributed by atoms with van der Waals surface area (Å²) in [5, 5.41) is 4.03. The van der Waals surface area contributed by atoms with E-state index in [0.717, 1.165) is 53.7 Å². The first kappa shape index (κ1) is 19.7. The lowest BCUT2D eigenvalue weighted by molar-refractivity contribution is -0.118. The molecule has 0 fully saturated rings. The summed E-state index contributed by atoms with van der Waals surface area (Å²) in [7, 11) is 0. The second-order valence-corrected chi connectivity index (χ2v) is 8.32. The van der Waals surface area contributed by atoms with Crippen LogP contribution in [-0.4, -0.2) is 18.4 Å². The fraction of sp³-hybridized carbons (Fsp3) is 0.400. The highest BCUT2D eigenvalue weighted by Gasteiger charge is 2.24. The number of carbonyl (C=O) groups is 2. The minimum atomic E-state index is -0.491. The van der Waals surface area contributed by atoms with Crippen molar-refractivity contribution in [3.05, 3.63) is 44.3 Å². The van der Waals surface area contributed by atoms with Crippen molar-refractivity contribution in [2.75, 3.05) is 11.9 Å². The quantitative estimate of drug-likeness (QED) is 0.722. The predicted molar refractivity (Wildman–Crippen MR) is 109 cm³/mol. The first-order valence-corrected chi connectivity index (χ1v) is 10.2. The van der Waals surface area contributed by atoms with Crippen LogP contribution < -0.4 is 15.8 Å². The largest absolute Gasteiger partial charge is 0.484 e. The Kier molecular flexibility index (Phi) is 6.07. The summed E-state index contributed by atoms with van der Waals surface area (Å²) in [6, 6.07) is 3.59. The first-order chi connectivity index (χ1) is 12.9. The molecule has 0 unspecified atom stereocenters. The van der Waals surface area contributed by atoms with Gasteiger partial charge in [0.25, 0.3) is 11.8 Å². The van der Waals surface area contributed by atoms with E-state index in [-0.39, 0.29) is 12.5 Å². The maximum atomic E-state index is 12.4. The number of aryl methyl sites for hydroxylation is 3. The Hall–Kier alpha value is -2.05. The number of fused-ring (bicyclic) bond motifs is 1. The molecule has 1 aromatic heterocycles. The molecular formula is C20H23ClN2O3S. The van der Waals surface area contributed by atoms with Gasteiger partial charge in [-0.3, -0.25) is 9.59 Å². The van der Waals surface area contributed by atoms with Crippen LogP contribution in [-0.2, 0) is 17.6 Å². The van der Waals surface area contributed by atoms with E-state index in [0.29, 0.717) is 21.3 Å². The predicted octanol–water partition coefficient (Wildman–Crippen LogP) is 4.40. The van der Waals surface area contributed by atoms with E-state index in [1.807, 2.05) is 13.8 Å². The fourth-order valence-corrected chi connectivity index (χ4v) is 4.81. The molecule has 1 aliphatic carbocycles. The lowest BCUT2D eigenvalue weighted by atomic mass is 10.1. The smallest absolute Gasteiger partial charge is 0.262 e. The zero-order valence-electron chi connectivity index (χ0n) is 15.5. The molecule has 0 saturated heterocycles. The number of primary amides is 1. The molecule has 0 bridgehead atoms. The van der Waals surface area contributed by atoms with Crippen LogP contribution in [0.15, 0.2) is 12.1 Å². The highest BCUT2D eigenvalue weighted by Crippen LogP contribution is 2.37. The van der Waals surface area contributed by atoms with Crippen LogP contribution in [0.2, 0.25) is 5.02 Å². The van der Waals surface area contributed by atoms with Crippen LogP contribution in [0.5, 0.6) is 5.75 Å². The van der Waals surface area contributed by atoms with Gasteiger partial charge in [0.2, 0.25) is 0 Å². The first-order valence-electron chi connectivity index (χ1n) is 9.00. The molecule has 0 aliphatic heterocycles. The summed E-state index contributed by atoms with van der Waals surface area (Å²) < 4.78 is 5.60. The van der Waals surface area contributed by atoms with E-state index in [2.05, 4.69) is 5.32 Å². The number of carbonyl (C=O) groups excluding carboxylic acids is 2. The number of thiophene rings is 1. The van der Waals surface area contributed by atoms with Crippen LogP contribution in [0, 0.1) is 13.8 Å². The van der Waals surface area contributed by atoms with Gasteiger partial charge in [-0.15, -0.1) is 11.3 Å². The monoisotopic (exact) mass is 406 g/mol. The number of ether oxygens (including phenoxy) is 1. The number of nitrogens with two attached hydrogens (primary N) is 1. The Balaban J connectivity index is 1.72. The standard InChI is InChI=1S/C20H23ClN2O3S/c1-11-8-13(9-12(2)18(11)21)26-10-16(24)23-20-17(19(22)25)14-6-4-3-5-7-15(14)27-20/h8-9H,3-7,10H2,1-2H3,(H2,22,25)(H,23,24). The molecule has 5 nitrogen and oxygen atoms in total. The Morgan fingerprint density at radius 1 is 1.19 bits per heavy atom. The van der Waals surface area contributed by atoms with Gasteiger partial charge in [-0.25, -0.2) is 0 Å². The third-order valence-corrected chi connectivity index (χ3v) is 6.50. The van der Waals surface area contributed by atoms with E-state index < -0.39 is 5.91 Å². The maximum Gasteiger partial charge on any atom is 0.262 e. The minimum absolute atomic E-state index is 0.152. The molecule has 7 heteroatoms. The zero-order valence-corrected chi connectivity index (χ0v) is 17.1. The van der Waals surface area contributed by atoms with Crippen molar-refractivity contribution in [3.8, 4) is 5.75 Å². The molecule has 1 aromatic carbocycles. The molecular weight excluding hydrogens is 384 g/mol. The van der Waals surface area contributed by atoms with Crippen molar-refractivity contribution in [1.29, 1.82) is 0 Å². The van der Waals surface area contributed by atoms with Gasteiger partial charge in [-0.1, -0.05) is 18.0 Å². The summed E-state index contributed by atoms with van der Waals surface area (Å²) in [4.78, 5) is 25.5. The molecule has 1 heterocycles. The lowest BCUT2D eigenvalue weighted by Crippen LogP contribution is -2.22. The molecule has 0 saturated carbocycles. The van der Waals surface area contributed by atoms with Crippen molar-refractivity contribution in [2.45, 2.75) is 46.0 Å². The van der Waals surface area contributed by atoms with E-state index in [1.165, 1.54) is 11.3 Å². The van der Waals surface area contributed by atoms with E-state index in [4.69, 9.17) is 22.1 Å². The molecule has 3 rings (SSSR count). The van der Waals surface area contributed by atoms with Crippen molar-refractivity contribution in [2.24, 2.45) is 5.73 Å². The molecule has 2 aromatic rings. The third kappa shape index (κ3) is 4.45. The number of halogens is 1. The average molecular weight is 407 g/mol. The minimum Gasteiger partial charge on any atom is -0.484 e.